The number of methoxy groups -OCH3 is 1. The standard InChI is InChI=1S/C16H17N3O.CH5N/c1-18-8-4-6-12(18)10-14-16(20-3)11-13(17-14)15-7-5-9-19(15)2;1-2/h4-11H,1-3H3;2H2,1H3/b14-10+;. The van der Waals surface area contributed by atoms with Crippen LogP contribution in [0.4, 0.5) is 0 Å². The SMILES string of the molecule is CN.COC1=CC(c2cccn2C)=N/C1=C/c1cccn1C. The van der Waals surface area contributed by atoms with E-state index in [-0.39, 0.29) is 0 Å². The molecule has 0 saturated heterocycles. The number of rotatable bonds is 3. The van der Waals surface area contributed by atoms with Crippen molar-refractivity contribution in [1.29, 1.82) is 0 Å². The lowest BCUT2D eigenvalue weighted by Crippen LogP contribution is -2.01. The average Bonchev–Trinajstić information content (AvgIpc) is 3.23. The summed E-state index contributed by atoms with van der Waals surface area (Å²) in [6.45, 7) is 0. The minimum atomic E-state index is 0.794. The highest BCUT2D eigenvalue weighted by atomic mass is 16.5. The van der Waals surface area contributed by atoms with Gasteiger partial charge in [-0.25, -0.2) is 4.99 Å². The van der Waals surface area contributed by atoms with E-state index < -0.39 is 0 Å². The number of hydrogen-bond acceptors (Lipinski definition) is 3. The van der Waals surface area contributed by atoms with Crippen LogP contribution in [0.15, 0.2) is 59.2 Å². The second kappa shape index (κ2) is 6.95. The molecule has 2 aromatic rings. The number of aliphatic imine (C=N–C) groups is 1. The Kier molecular flexibility index (Phi) is 5.01. The van der Waals surface area contributed by atoms with Crippen molar-refractivity contribution in [3.05, 3.63) is 65.6 Å². The molecule has 0 saturated carbocycles. The van der Waals surface area contributed by atoms with Crippen LogP contribution in [-0.2, 0) is 18.8 Å². The molecule has 0 atom stereocenters. The van der Waals surface area contributed by atoms with Crippen molar-refractivity contribution in [1.82, 2.24) is 9.13 Å². The Morgan fingerprint density at radius 1 is 1.09 bits per heavy atom. The number of aromatic nitrogens is 2. The van der Waals surface area contributed by atoms with Crippen LogP contribution in [0.2, 0.25) is 0 Å². The van der Waals surface area contributed by atoms with Crippen molar-refractivity contribution in [2.24, 2.45) is 24.8 Å². The first-order valence-corrected chi connectivity index (χ1v) is 7.06. The Labute approximate surface area is 131 Å². The van der Waals surface area contributed by atoms with E-state index in [9.17, 15) is 0 Å². The zero-order valence-corrected chi connectivity index (χ0v) is 13.4. The predicted octanol–water partition coefficient (Wildman–Crippen LogP) is 2.31. The van der Waals surface area contributed by atoms with Gasteiger partial charge in [-0.05, 0) is 37.4 Å². The minimum Gasteiger partial charge on any atom is -0.494 e. The van der Waals surface area contributed by atoms with Gasteiger partial charge >= 0.3 is 0 Å². The fourth-order valence-electron chi connectivity index (χ4n) is 2.30. The van der Waals surface area contributed by atoms with Crippen LogP contribution in [0, 0.1) is 0 Å². The molecule has 0 fully saturated rings. The number of ether oxygens (including phenoxy) is 1. The molecule has 5 nitrogen and oxygen atoms in total. The highest BCUT2D eigenvalue weighted by Crippen LogP contribution is 2.25. The van der Waals surface area contributed by atoms with E-state index in [4.69, 9.17) is 4.74 Å². The summed E-state index contributed by atoms with van der Waals surface area (Å²) in [7, 11) is 7.20. The van der Waals surface area contributed by atoms with Gasteiger partial charge in [-0.3, -0.25) is 0 Å². The number of aryl methyl sites for hydroxylation is 2. The van der Waals surface area contributed by atoms with Crippen molar-refractivity contribution < 1.29 is 4.74 Å². The summed E-state index contributed by atoms with van der Waals surface area (Å²) >= 11 is 0. The molecule has 0 unspecified atom stereocenters. The normalized spacial score (nSPS) is 15.2. The third-order valence-corrected chi connectivity index (χ3v) is 3.46. The first-order valence-electron chi connectivity index (χ1n) is 7.06. The molecule has 1 aliphatic heterocycles. The lowest BCUT2D eigenvalue weighted by Gasteiger charge is -2.02. The largest absolute Gasteiger partial charge is 0.494 e. The molecule has 0 radical (unpaired) electrons. The maximum Gasteiger partial charge on any atom is 0.146 e. The Bertz CT molecular complexity index is 731. The van der Waals surface area contributed by atoms with E-state index in [0.29, 0.717) is 0 Å². The van der Waals surface area contributed by atoms with Gasteiger partial charge in [-0.2, -0.15) is 0 Å². The second-order valence-electron chi connectivity index (χ2n) is 4.79. The molecular weight excluding hydrogens is 276 g/mol. The van der Waals surface area contributed by atoms with Crippen LogP contribution in [0.25, 0.3) is 6.08 Å². The molecule has 0 spiro atoms. The molecule has 0 amide bonds. The highest BCUT2D eigenvalue weighted by molar-refractivity contribution is 6.11. The molecule has 0 aliphatic carbocycles. The fourth-order valence-corrected chi connectivity index (χ4v) is 2.30. The first-order chi connectivity index (χ1) is 10.7. The number of allylic oxidation sites excluding steroid dienone is 1. The van der Waals surface area contributed by atoms with E-state index in [1.807, 2.05) is 61.4 Å². The quantitative estimate of drug-likeness (QED) is 0.945. The van der Waals surface area contributed by atoms with Gasteiger partial charge in [0.25, 0.3) is 0 Å². The third kappa shape index (κ3) is 3.04. The highest BCUT2D eigenvalue weighted by Gasteiger charge is 2.18. The van der Waals surface area contributed by atoms with E-state index in [1.54, 1.807) is 7.11 Å². The molecule has 0 aromatic carbocycles. The number of nitrogens with zero attached hydrogens (tertiary/aromatic N) is 3. The summed E-state index contributed by atoms with van der Waals surface area (Å²) < 4.78 is 9.54. The van der Waals surface area contributed by atoms with E-state index in [2.05, 4.69) is 21.4 Å². The molecule has 22 heavy (non-hydrogen) atoms. The summed E-state index contributed by atoms with van der Waals surface area (Å²) in [6.07, 6.45) is 8.03. The van der Waals surface area contributed by atoms with Gasteiger partial charge in [0, 0.05) is 38.3 Å². The van der Waals surface area contributed by atoms with Gasteiger partial charge in [0.1, 0.15) is 11.5 Å². The number of hydrogen-bond donors (Lipinski definition) is 1. The van der Waals surface area contributed by atoms with Crippen LogP contribution in [0.1, 0.15) is 11.4 Å². The molecule has 3 rings (SSSR count). The summed E-state index contributed by atoms with van der Waals surface area (Å²) in [4.78, 5) is 4.69. The van der Waals surface area contributed by atoms with Gasteiger partial charge in [0.2, 0.25) is 0 Å². The second-order valence-corrected chi connectivity index (χ2v) is 4.79. The van der Waals surface area contributed by atoms with Gasteiger partial charge in [0.05, 0.1) is 18.5 Å². The van der Waals surface area contributed by atoms with Crippen LogP contribution in [0.5, 0.6) is 0 Å². The van der Waals surface area contributed by atoms with Gasteiger partial charge in [-0.15, -0.1) is 0 Å². The van der Waals surface area contributed by atoms with Gasteiger partial charge in [0.15, 0.2) is 0 Å². The van der Waals surface area contributed by atoms with E-state index in [0.717, 1.165) is 28.6 Å². The van der Waals surface area contributed by atoms with Crippen LogP contribution in [-0.4, -0.2) is 29.0 Å². The lowest BCUT2D eigenvalue weighted by molar-refractivity contribution is 0.303. The molecule has 0 bridgehead atoms. The summed E-state index contributed by atoms with van der Waals surface area (Å²) in [5.41, 5.74) is 8.45. The summed E-state index contributed by atoms with van der Waals surface area (Å²) in [6, 6.07) is 8.13. The van der Waals surface area contributed by atoms with Gasteiger partial charge < -0.3 is 19.6 Å². The fraction of sp³-hybridized carbons (Fsp3) is 0.235. The number of nitrogens with two attached hydrogens (primary N) is 1. The monoisotopic (exact) mass is 298 g/mol. The maximum atomic E-state index is 5.44. The Morgan fingerprint density at radius 2 is 1.77 bits per heavy atom. The van der Waals surface area contributed by atoms with Crippen molar-refractivity contribution in [2.45, 2.75) is 0 Å². The van der Waals surface area contributed by atoms with Gasteiger partial charge in [-0.1, -0.05) is 0 Å². The molecule has 2 aromatic heterocycles. The average molecular weight is 298 g/mol. The molecule has 2 N–H and O–H groups in total. The van der Waals surface area contributed by atoms with Crippen LogP contribution in [0.3, 0.4) is 0 Å². The molecule has 3 heterocycles. The predicted molar refractivity (Wildman–Crippen MR) is 90.5 cm³/mol. The molecule has 1 aliphatic rings. The topological polar surface area (TPSA) is 57.5 Å². The Morgan fingerprint density at radius 3 is 2.32 bits per heavy atom. The van der Waals surface area contributed by atoms with Crippen molar-refractivity contribution in [3.8, 4) is 0 Å². The molecular formula is C17H22N4O. The van der Waals surface area contributed by atoms with Crippen molar-refractivity contribution in [3.63, 3.8) is 0 Å². The van der Waals surface area contributed by atoms with E-state index in [1.165, 1.54) is 7.05 Å². The van der Waals surface area contributed by atoms with Crippen LogP contribution >= 0.6 is 0 Å². The third-order valence-electron chi connectivity index (χ3n) is 3.46. The zero-order valence-electron chi connectivity index (χ0n) is 13.4. The Hall–Kier alpha value is -2.53. The maximum absolute atomic E-state index is 5.44. The smallest absolute Gasteiger partial charge is 0.146 e. The minimum absolute atomic E-state index is 0.794. The van der Waals surface area contributed by atoms with Crippen molar-refractivity contribution >= 4 is 11.8 Å². The zero-order chi connectivity index (χ0) is 16.1. The Balaban J connectivity index is 0.000000847. The molecule has 116 valence electrons. The first kappa shape index (κ1) is 15.9. The lowest BCUT2D eigenvalue weighted by atomic mass is 10.2. The molecule has 5 heteroatoms. The summed E-state index contributed by atoms with van der Waals surface area (Å²) in [5, 5.41) is 0. The van der Waals surface area contributed by atoms with Crippen LogP contribution < -0.4 is 5.73 Å². The van der Waals surface area contributed by atoms with Crippen molar-refractivity contribution in [2.75, 3.05) is 14.2 Å². The summed E-state index contributed by atoms with van der Waals surface area (Å²) in [5.74, 6) is 0.794. The van der Waals surface area contributed by atoms with E-state index >= 15 is 0 Å².